The average Bonchev–Trinajstić information content (AvgIpc) is 2.80. The fourth-order valence-electron chi connectivity index (χ4n) is 0.902. The number of nitrogens with zero attached hydrogens (tertiary/aromatic N) is 3. The quantitative estimate of drug-likeness (QED) is 0.518. The van der Waals surface area contributed by atoms with Crippen molar-refractivity contribution in [3.05, 3.63) is 16.3 Å². The van der Waals surface area contributed by atoms with Gasteiger partial charge in [0.25, 0.3) is 0 Å². The van der Waals surface area contributed by atoms with Gasteiger partial charge in [-0.25, -0.2) is 0 Å². The monoisotopic (exact) mass is 186 g/mol. The van der Waals surface area contributed by atoms with E-state index in [1.807, 2.05) is 0 Å². The standard InChI is InChI=1S/C7H9N3O3/c1-9-4-6(10(11)12)7(8-9)13-5-2-3-5/h4-5H,2-3H2,1H3/i1D3. The second kappa shape index (κ2) is 2.72. The first kappa shape index (κ1) is 5.21. The third-order valence-corrected chi connectivity index (χ3v) is 1.66. The van der Waals surface area contributed by atoms with Gasteiger partial charge >= 0.3 is 11.6 Å². The summed E-state index contributed by atoms with van der Waals surface area (Å²) in [5.74, 6) is -0.219. The zero-order valence-corrected chi connectivity index (χ0v) is 6.64. The average molecular weight is 186 g/mol. The lowest BCUT2D eigenvalue weighted by Gasteiger charge is -1.96. The van der Waals surface area contributed by atoms with Gasteiger partial charge in [-0.15, -0.1) is 5.10 Å². The van der Waals surface area contributed by atoms with Crippen LogP contribution in [0.1, 0.15) is 17.0 Å². The van der Waals surface area contributed by atoms with Crippen LogP contribution in [0.15, 0.2) is 6.20 Å². The van der Waals surface area contributed by atoms with Crippen molar-refractivity contribution in [1.82, 2.24) is 9.78 Å². The Balaban J connectivity index is 2.32. The summed E-state index contributed by atoms with van der Waals surface area (Å²) in [4.78, 5) is 9.95. The maximum Gasteiger partial charge on any atom is 0.350 e. The van der Waals surface area contributed by atoms with Crippen LogP contribution in [0.3, 0.4) is 0 Å². The molecule has 6 heteroatoms. The van der Waals surface area contributed by atoms with E-state index < -0.39 is 17.6 Å². The number of nitro groups is 1. The molecule has 1 aromatic rings. The Labute approximate surface area is 78.5 Å². The van der Waals surface area contributed by atoms with Crippen molar-refractivity contribution in [1.29, 1.82) is 0 Å². The molecule has 2 rings (SSSR count). The van der Waals surface area contributed by atoms with Crippen LogP contribution in [-0.2, 0) is 6.98 Å². The molecule has 0 radical (unpaired) electrons. The molecule has 0 bridgehead atoms. The van der Waals surface area contributed by atoms with E-state index in [4.69, 9.17) is 8.85 Å². The molecular weight excluding hydrogens is 174 g/mol. The highest BCUT2D eigenvalue weighted by atomic mass is 16.6. The van der Waals surface area contributed by atoms with Gasteiger partial charge in [0, 0.05) is 11.1 Å². The molecule has 1 heterocycles. The smallest absolute Gasteiger partial charge is 0.350 e. The second-order valence-electron chi connectivity index (χ2n) is 2.84. The zero-order chi connectivity index (χ0) is 11.9. The molecule has 1 aromatic heterocycles. The summed E-state index contributed by atoms with van der Waals surface area (Å²) >= 11 is 0. The molecule has 0 aromatic carbocycles. The third-order valence-electron chi connectivity index (χ3n) is 1.66. The van der Waals surface area contributed by atoms with E-state index in [0.29, 0.717) is 4.68 Å². The summed E-state index contributed by atoms with van der Waals surface area (Å²) in [6, 6.07) is 0. The maximum atomic E-state index is 10.7. The number of hydrogen-bond donors (Lipinski definition) is 0. The molecule has 0 aliphatic heterocycles. The van der Waals surface area contributed by atoms with E-state index in [0.717, 1.165) is 19.0 Å². The molecule has 0 N–H and O–H groups in total. The van der Waals surface area contributed by atoms with Gasteiger partial charge in [-0.1, -0.05) is 0 Å². The molecule has 1 aliphatic carbocycles. The molecule has 0 spiro atoms. The van der Waals surface area contributed by atoms with E-state index in [1.54, 1.807) is 0 Å². The predicted molar refractivity (Wildman–Crippen MR) is 43.5 cm³/mol. The summed E-state index contributed by atoms with van der Waals surface area (Å²) in [5.41, 5.74) is -0.414. The third kappa shape index (κ3) is 1.61. The number of aryl methyl sites for hydroxylation is 1. The molecule has 6 nitrogen and oxygen atoms in total. The number of rotatable bonds is 3. The normalized spacial score (nSPS) is 20.2. The lowest BCUT2D eigenvalue weighted by Crippen LogP contribution is -1.99. The van der Waals surface area contributed by atoms with Crippen LogP contribution >= 0.6 is 0 Å². The fourth-order valence-corrected chi connectivity index (χ4v) is 0.902. The van der Waals surface area contributed by atoms with Crippen molar-refractivity contribution >= 4 is 5.69 Å². The molecule has 0 saturated heterocycles. The minimum absolute atomic E-state index is 0.0707. The van der Waals surface area contributed by atoms with Crippen molar-refractivity contribution < 1.29 is 13.8 Å². The van der Waals surface area contributed by atoms with Gasteiger partial charge in [0.05, 0.1) is 4.92 Å². The van der Waals surface area contributed by atoms with Gasteiger partial charge < -0.3 is 4.74 Å². The molecule has 70 valence electrons. The number of hydrogen-bond acceptors (Lipinski definition) is 4. The van der Waals surface area contributed by atoms with Crippen LogP contribution in [0.2, 0.25) is 0 Å². The first-order valence-corrected chi connectivity index (χ1v) is 3.79. The van der Waals surface area contributed by atoms with E-state index in [2.05, 4.69) is 5.10 Å². The Morgan fingerprint density at radius 3 is 3.23 bits per heavy atom. The summed E-state index contributed by atoms with van der Waals surface area (Å²) in [7, 11) is 0. The van der Waals surface area contributed by atoms with Crippen LogP contribution in [0.25, 0.3) is 0 Å². The first-order valence-electron chi connectivity index (χ1n) is 5.29. The van der Waals surface area contributed by atoms with Crippen molar-refractivity contribution in [3.8, 4) is 5.88 Å². The lowest BCUT2D eigenvalue weighted by atomic mass is 10.5. The summed E-state index contributed by atoms with van der Waals surface area (Å²) < 4.78 is 27.0. The summed E-state index contributed by atoms with van der Waals surface area (Å²) in [6.07, 6.45) is 2.43. The van der Waals surface area contributed by atoms with Crippen molar-refractivity contribution in [3.63, 3.8) is 0 Å². The molecule has 1 saturated carbocycles. The number of ether oxygens (including phenoxy) is 1. The van der Waals surface area contributed by atoms with Gasteiger partial charge in [-0.3, -0.25) is 14.8 Å². The van der Waals surface area contributed by atoms with Crippen LogP contribution < -0.4 is 4.74 Å². The topological polar surface area (TPSA) is 70.2 Å². The van der Waals surface area contributed by atoms with Gasteiger partial charge in [-0.05, 0) is 12.8 Å². The second-order valence-corrected chi connectivity index (χ2v) is 2.84. The summed E-state index contributed by atoms with van der Waals surface area (Å²) in [6.45, 7) is -2.53. The summed E-state index contributed by atoms with van der Waals surface area (Å²) in [5, 5.41) is 14.2. The Morgan fingerprint density at radius 1 is 1.92 bits per heavy atom. The molecule has 0 unspecified atom stereocenters. The van der Waals surface area contributed by atoms with Crippen LogP contribution in [0.4, 0.5) is 5.69 Å². The Morgan fingerprint density at radius 2 is 2.69 bits per heavy atom. The minimum atomic E-state index is -2.53. The largest absolute Gasteiger partial charge is 0.468 e. The molecule has 0 atom stereocenters. The van der Waals surface area contributed by atoms with Gasteiger partial charge in [0.15, 0.2) is 0 Å². The van der Waals surface area contributed by atoms with Gasteiger partial charge in [0.2, 0.25) is 0 Å². The highest BCUT2D eigenvalue weighted by Gasteiger charge is 2.29. The molecule has 1 aliphatic rings. The molecule has 13 heavy (non-hydrogen) atoms. The zero-order valence-electron chi connectivity index (χ0n) is 9.64. The molecular formula is C7H9N3O3. The van der Waals surface area contributed by atoms with E-state index >= 15 is 0 Å². The molecule has 1 fully saturated rings. The molecule has 0 amide bonds. The fraction of sp³-hybridized carbons (Fsp3) is 0.571. The minimum Gasteiger partial charge on any atom is -0.468 e. The number of aromatic nitrogens is 2. The van der Waals surface area contributed by atoms with Crippen LogP contribution in [-0.4, -0.2) is 20.8 Å². The SMILES string of the molecule is [2H]C([2H])([2H])n1cc([N+](=O)[O-])c(OC2CC2)n1. The lowest BCUT2D eigenvalue weighted by molar-refractivity contribution is -0.386. The van der Waals surface area contributed by atoms with Crippen molar-refractivity contribution in [2.24, 2.45) is 6.98 Å². The Kier molecular flexibility index (Phi) is 1.09. The Hall–Kier alpha value is -1.59. The predicted octanol–water partition coefficient (Wildman–Crippen LogP) is 0.869. The highest BCUT2D eigenvalue weighted by Crippen LogP contribution is 2.31. The van der Waals surface area contributed by atoms with Crippen molar-refractivity contribution in [2.45, 2.75) is 18.9 Å². The van der Waals surface area contributed by atoms with Crippen molar-refractivity contribution in [2.75, 3.05) is 0 Å². The van der Waals surface area contributed by atoms with E-state index in [9.17, 15) is 10.1 Å². The van der Waals surface area contributed by atoms with Gasteiger partial charge in [0.1, 0.15) is 12.3 Å². The first-order chi connectivity index (χ1) is 7.38. The van der Waals surface area contributed by atoms with E-state index in [-0.39, 0.29) is 12.0 Å². The van der Waals surface area contributed by atoms with E-state index in [1.165, 1.54) is 0 Å². The van der Waals surface area contributed by atoms with Gasteiger partial charge in [-0.2, -0.15) is 0 Å². The van der Waals surface area contributed by atoms with Crippen LogP contribution in [0.5, 0.6) is 5.88 Å². The Bertz CT molecular complexity index is 424. The van der Waals surface area contributed by atoms with Crippen LogP contribution in [0, 0.1) is 10.1 Å². The maximum absolute atomic E-state index is 10.7. The highest BCUT2D eigenvalue weighted by molar-refractivity contribution is 5.38.